The first-order chi connectivity index (χ1) is 12.6. The monoisotopic (exact) mass is 411 g/mol. The van der Waals surface area contributed by atoms with Crippen LogP contribution in [0.4, 0.5) is 0 Å². The molecule has 1 amide bonds. The molecule has 4 rings (SSSR count). The third-order valence-corrected chi connectivity index (χ3v) is 4.80. The van der Waals surface area contributed by atoms with E-state index < -0.39 is 0 Å². The lowest BCUT2D eigenvalue weighted by Crippen LogP contribution is -2.39. The minimum Gasteiger partial charge on any atom is -0.444 e. The van der Waals surface area contributed by atoms with Crippen molar-refractivity contribution < 1.29 is 9.21 Å². The van der Waals surface area contributed by atoms with Crippen LogP contribution in [-0.2, 0) is 0 Å². The molecule has 0 aliphatic carbocycles. The van der Waals surface area contributed by atoms with Gasteiger partial charge in [0.1, 0.15) is 7.85 Å². The van der Waals surface area contributed by atoms with E-state index in [1.807, 2.05) is 12.1 Å². The van der Waals surface area contributed by atoms with Crippen LogP contribution in [-0.4, -0.2) is 45.4 Å². The SMILES string of the molecule is [B]c1cccc(-n2nnc(C3CCCCN3C(=O)c3ccc(Br)o3)n2)c1. The van der Waals surface area contributed by atoms with Gasteiger partial charge in [-0.1, -0.05) is 17.6 Å². The molecular weight excluding hydrogens is 397 g/mol. The molecule has 2 radical (unpaired) electrons. The number of amides is 1. The van der Waals surface area contributed by atoms with Gasteiger partial charge in [0, 0.05) is 6.54 Å². The van der Waals surface area contributed by atoms with Crippen LogP contribution >= 0.6 is 15.9 Å². The summed E-state index contributed by atoms with van der Waals surface area (Å²) in [6, 6.07) is 10.4. The molecule has 3 heterocycles. The molecule has 1 aromatic carbocycles. The second-order valence-corrected chi connectivity index (χ2v) is 6.93. The molecule has 1 saturated heterocycles. The maximum Gasteiger partial charge on any atom is 0.290 e. The highest BCUT2D eigenvalue weighted by Gasteiger charge is 2.33. The zero-order valence-electron chi connectivity index (χ0n) is 13.9. The first kappa shape index (κ1) is 17.0. The number of furan rings is 1. The fourth-order valence-electron chi connectivity index (χ4n) is 3.13. The average molecular weight is 412 g/mol. The van der Waals surface area contributed by atoms with Crippen LogP contribution in [0.3, 0.4) is 0 Å². The molecule has 26 heavy (non-hydrogen) atoms. The van der Waals surface area contributed by atoms with E-state index >= 15 is 0 Å². The van der Waals surface area contributed by atoms with E-state index in [0.717, 1.165) is 24.9 Å². The van der Waals surface area contributed by atoms with Gasteiger partial charge in [-0.2, -0.15) is 0 Å². The minimum absolute atomic E-state index is 0.166. The molecule has 130 valence electrons. The highest BCUT2D eigenvalue weighted by Crippen LogP contribution is 2.30. The summed E-state index contributed by atoms with van der Waals surface area (Å²) in [7, 11) is 5.82. The second-order valence-electron chi connectivity index (χ2n) is 6.15. The maximum atomic E-state index is 12.8. The predicted molar refractivity (Wildman–Crippen MR) is 98.6 cm³/mol. The molecule has 1 aliphatic rings. The van der Waals surface area contributed by atoms with E-state index in [-0.39, 0.29) is 11.9 Å². The summed E-state index contributed by atoms with van der Waals surface area (Å²) in [4.78, 5) is 16.0. The number of hydrogen-bond acceptors (Lipinski definition) is 5. The number of hydrogen-bond donors (Lipinski definition) is 0. The molecule has 9 heteroatoms. The van der Waals surface area contributed by atoms with Crippen molar-refractivity contribution >= 4 is 35.1 Å². The van der Waals surface area contributed by atoms with E-state index in [2.05, 4.69) is 31.3 Å². The Morgan fingerprint density at radius 1 is 1.27 bits per heavy atom. The molecule has 0 saturated carbocycles. The quantitative estimate of drug-likeness (QED) is 0.617. The van der Waals surface area contributed by atoms with E-state index in [9.17, 15) is 4.79 Å². The first-order valence-corrected chi connectivity index (χ1v) is 9.13. The summed E-state index contributed by atoms with van der Waals surface area (Å²) in [6.45, 7) is 0.634. The number of nitrogens with zero attached hydrogens (tertiary/aromatic N) is 5. The zero-order chi connectivity index (χ0) is 18.1. The molecule has 0 bridgehead atoms. The van der Waals surface area contributed by atoms with Crippen molar-refractivity contribution in [3.05, 3.63) is 52.7 Å². The maximum absolute atomic E-state index is 12.8. The lowest BCUT2D eigenvalue weighted by molar-refractivity contribution is 0.0566. The number of benzene rings is 1. The van der Waals surface area contributed by atoms with Crippen LogP contribution in [0.5, 0.6) is 0 Å². The number of piperidine rings is 1. The Hall–Kier alpha value is -2.42. The largest absolute Gasteiger partial charge is 0.444 e. The third-order valence-electron chi connectivity index (χ3n) is 4.38. The number of tetrazole rings is 1. The second kappa shape index (κ2) is 7.07. The van der Waals surface area contributed by atoms with Gasteiger partial charge in [-0.15, -0.1) is 15.0 Å². The van der Waals surface area contributed by atoms with Crippen LogP contribution in [0, 0.1) is 0 Å². The number of aromatic nitrogens is 4. The summed E-state index contributed by atoms with van der Waals surface area (Å²) in [5.74, 6) is 0.652. The van der Waals surface area contributed by atoms with Crippen LogP contribution < -0.4 is 5.46 Å². The van der Waals surface area contributed by atoms with Crippen molar-refractivity contribution in [3.63, 3.8) is 0 Å². The molecule has 1 atom stereocenters. The predicted octanol–water partition coefficient (Wildman–Crippen LogP) is 2.18. The molecule has 1 fully saturated rings. The zero-order valence-corrected chi connectivity index (χ0v) is 15.5. The van der Waals surface area contributed by atoms with Crippen molar-refractivity contribution in [2.45, 2.75) is 25.3 Å². The van der Waals surface area contributed by atoms with Crippen molar-refractivity contribution in [3.8, 4) is 5.69 Å². The number of carbonyl (C=O) groups is 1. The first-order valence-electron chi connectivity index (χ1n) is 8.34. The van der Waals surface area contributed by atoms with Crippen molar-refractivity contribution in [2.75, 3.05) is 6.54 Å². The molecule has 0 spiro atoms. The lowest BCUT2D eigenvalue weighted by atomic mass is 9.96. The smallest absolute Gasteiger partial charge is 0.290 e. The van der Waals surface area contributed by atoms with Crippen molar-refractivity contribution in [1.82, 2.24) is 25.1 Å². The van der Waals surface area contributed by atoms with Crippen LogP contribution in [0.15, 0.2) is 45.5 Å². The van der Waals surface area contributed by atoms with Gasteiger partial charge in [-0.05, 0) is 64.7 Å². The molecule has 2 aromatic heterocycles. The summed E-state index contributed by atoms with van der Waals surface area (Å²) in [5.41, 5.74) is 1.35. The van der Waals surface area contributed by atoms with Gasteiger partial charge < -0.3 is 9.32 Å². The van der Waals surface area contributed by atoms with E-state index in [0.29, 0.717) is 28.3 Å². The Kier molecular flexibility index (Phi) is 4.63. The standard InChI is InChI=1S/C17H15BBrN5O2/c18-11-4-3-5-12(10-11)24-21-16(20-22-24)13-6-1-2-9-23(13)17(25)14-7-8-15(19)26-14/h3-5,7-8,10,13H,1-2,6,9H2. The molecule has 0 N–H and O–H groups in total. The van der Waals surface area contributed by atoms with Gasteiger partial charge in [0.05, 0.1) is 11.7 Å². The molecular formula is C17H15BBrN5O2. The van der Waals surface area contributed by atoms with Gasteiger partial charge in [-0.3, -0.25) is 4.79 Å². The topological polar surface area (TPSA) is 77.0 Å². The number of carbonyl (C=O) groups excluding carboxylic acids is 1. The Morgan fingerprint density at radius 2 is 2.15 bits per heavy atom. The van der Waals surface area contributed by atoms with Gasteiger partial charge in [0.15, 0.2) is 16.3 Å². The summed E-state index contributed by atoms with van der Waals surface area (Å²) in [5, 5.41) is 12.8. The fourth-order valence-corrected chi connectivity index (χ4v) is 3.44. The highest BCUT2D eigenvalue weighted by molar-refractivity contribution is 9.10. The normalized spacial score (nSPS) is 17.4. The Labute approximate surface area is 159 Å². The van der Waals surface area contributed by atoms with Gasteiger partial charge in [0.2, 0.25) is 0 Å². The summed E-state index contributed by atoms with van der Waals surface area (Å²) < 4.78 is 5.95. The highest BCUT2D eigenvalue weighted by atomic mass is 79.9. The lowest BCUT2D eigenvalue weighted by Gasteiger charge is -2.33. The van der Waals surface area contributed by atoms with E-state index in [1.54, 1.807) is 29.2 Å². The van der Waals surface area contributed by atoms with Gasteiger partial charge >= 0.3 is 0 Å². The molecule has 1 unspecified atom stereocenters. The summed E-state index contributed by atoms with van der Waals surface area (Å²) in [6.07, 6.45) is 2.73. The Bertz CT molecular complexity index is 941. The number of rotatable bonds is 3. The average Bonchev–Trinajstić information content (AvgIpc) is 3.30. The van der Waals surface area contributed by atoms with E-state index in [1.165, 1.54) is 4.80 Å². The Morgan fingerprint density at radius 3 is 2.92 bits per heavy atom. The fraction of sp³-hybridized carbons (Fsp3) is 0.294. The minimum atomic E-state index is -0.227. The number of likely N-dealkylation sites (tertiary alicyclic amines) is 1. The summed E-state index contributed by atoms with van der Waals surface area (Å²) >= 11 is 3.23. The third kappa shape index (κ3) is 3.31. The Balaban J connectivity index is 1.62. The van der Waals surface area contributed by atoms with Crippen LogP contribution in [0.25, 0.3) is 5.69 Å². The number of halogens is 1. The molecule has 3 aromatic rings. The van der Waals surface area contributed by atoms with E-state index in [4.69, 9.17) is 12.3 Å². The molecule has 7 nitrogen and oxygen atoms in total. The van der Waals surface area contributed by atoms with Crippen LogP contribution in [0.2, 0.25) is 0 Å². The van der Waals surface area contributed by atoms with Gasteiger partial charge in [0.25, 0.3) is 5.91 Å². The van der Waals surface area contributed by atoms with Crippen molar-refractivity contribution in [1.29, 1.82) is 0 Å². The van der Waals surface area contributed by atoms with Crippen molar-refractivity contribution in [2.24, 2.45) is 0 Å². The van der Waals surface area contributed by atoms with Gasteiger partial charge in [-0.25, -0.2) is 0 Å². The van der Waals surface area contributed by atoms with Crippen LogP contribution in [0.1, 0.15) is 41.7 Å². The molecule has 1 aliphatic heterocycles.